The van der Waals surface area contributed by atoms with E-state index in [1.54, 1.807) is 12.1 Å². The topological polar surface area (TPSA) is 79.6 Å². The van der Waals surface area contributed by atoms with E-state index in [0.717, 1.165) is 44.5 Å². The first-order valence-corrected chi connectivity index (χ1v) is 11.4. The molecular formula is C23H34N4O3. The van der Waals surface area contributed by atoms with Gasteiger partial charge in [-0.25, -0.2) is 0 Å². The molecule has 1 aromatic heterocycles. The molecular weight excluding hydrogens is 380 g/mol. The van der Waals surface area contributed by atoms with Gasteiger partial charge in [-0.15, -0.1) is 0 Å². The van der Waals surface area contributed by atoms with Crippen LogP contribution in [0.4, 0.5) is 0 Å². The van der Waals surface area contributed by atoms with E-state index in [-0.39, 0.29) is 23.7 Å². The SMILES string of the molecule is CCCCN1C2COCC1CC(NC(=O)c1nn(C(C)CC)c3ccc(O)cc13)C2. The van der Waals surface area contributed by atoms with E-state index < -0.39 is 0 Å². The van der Waals surface area contributed by atoms with Gasteiger partial charge in [-0.05, 0) is 57.4 Å². The number of carbonyl (C=O) groups is 1. The number of fused-ring (bicyclic) bond motifs is 3. The summed E-state index contributed by atoms with van der Waals surface area (Å²) in [5, 5.41) is 18.6. The van der Waals surface area contributed by atoms with Gasteiger partial charge in [0.15, 0.2) is 5.69 Å². The number of aromatic nitrogens is 2. The number of rotatable bonds is 7. The van der Waals surface area contributed by atoms with Gasteiger partial charge in [0.25, 0.3) is 5.91 Å². The molecule has 7 heteroatoms. The molecule has 2 fully saturated rings. The standard InChI is InChI=1S/C23H34N4O3/c1-4-6-9-26-17-10-16(11-18(26)14-30-13-17)24-23(29)22-20-12-19(28)7-8-21(20)27(25-22)15(3)5-2/h7-8,12,15-18,28H,4-6,9-11,13-14H2,1-3H3,(H,24,29). The molecule has 2 saturated heterocycles. The Morgan fingerprint density at radius 1 is 1.30 bits per heavy atom. The fourth-order valence-corrected chi connectivity index (χ4v) is 4.87. The molecule has 0 aliphatic carbocycles. The summed E-state index contributed by atoms with van der Waals surface area (Å²) < 4.78 is 7.70. The molecule has 4 rings (SSSR count). The van der Waals surface area contributed by atoms with Crippen molar-refractivity contribution < 1.29 is 14.6 Å². The molecule has 2 aliphatic heterocycles. The fraction of sp³-hybridized carbons (Fsp3) is 0.652. The minimum Gasteiger partial charge on any atom is -0.508 e. The van der Waals surface area contributed by atoms with Crippen LogP contribution in [0.25, 0.3) is 10.9 Å². The second kappa shape index (κ2) is 8.94. The summed E-state index contributed by atoms with van der Waals surface area (Å²) in [6.45, 7) is 9.01. The Balaban J connectivity index is 1.53. The summed E-state index contributed by atoms with van der Waals surface area (Å²) in [5.41, 5.74) is 1.28. The molecule has 0 spiro atoms. The molecule has 2 aromatic rings. The van der Waals surface area contributed by atoms with Crippen LogP contribution in [0.1, 0.15) is 69.4 Å². The molecule has 2 aliphatic rings. The summed E-state index contributed by atoms with van der Waals surface area (Å²) >= 11 is 0. The normalized spacial score (nSPS) is 25.4. The largest absolute Gasteiger partial charge is 0.508 e. The zero-order valence-electron chi connectivity index (χ0n) is 18.3. The van der Waals surface area contributed by atoms with Gasteiger partial charge in [-0.1, -0.05) is 20.3 Å². The zero-order valence-corrected chi connectivity index (χ0v) is 18.3. The molecule has 3 unspecified atom stereocenters. The number of phenolic OH excluding ortho intramolecular Hbond substituents is 1. The number of piperidine rings is 1. The van der Waals surface area contributed by atoms with Crippen molar-refractivity contribution in [2.24, 2.45) is 0 Å². The number of aromatic hydroxyl groups is 1. The summed E-state index contributed by atoms with van der Waals surface area (Å²) in [5.74, 6) is -0.00480. The van der Waals surface area contributed by atoms with Crippen LogP contribution in [-0.2, 0) is 4.74 Å². The van der Waals surface area contributed by atoms with E-state index in [1.165, 1.54) is 12.8 Å². The van der Waals surface area contributed by atoms with Crippen molar-refractivity contribution in [1.29, 1.82) is 0 Å². The highest BCUT2D eigenvalue weighted by molar-refractivity contribution is 6.05. The molecule has 0 saturated carbocycles. The number of amides is 1. The van der Waals surface area contributed by atoms with Crippen LogP contribution in [0.5, 0.6) is 5.75 Å². The number of hydrogen-bond acceptors (Lipinski definition) is 5. The van der Waals surface area contributed by atoms with Gasteiger partial charge in [0, 0.05) is 29.6 Å². The minimum absolute atomic E-state index is 0.121. The summed E-state index contributed by atoms with van der Waals surface area (Å²) in [6.07, 6.45) is 5.11. The van der Waals surface area contributed by atoms with Crippen LogP contribution in [0.3, 0.4) is 0 Å². The maximum atomic E-state index is 13.2. The Hall–Kier alpha value is -2.12. The third-order valence-electron chi connectivity index (χ3n) is 6.69. The molecule has 3 atom stereocenters. The first-order valence-electron chi connectivity index (χ1n) is 11.4. The van der Waals surface area contributed by atoms with E-state index in [2.05, 4.69) is 36.1 Å². The van der Waals surface area contributed by atoms with Gasteiger partial charge in [-0.2, -0.15) is 5.10 Å². The summed E-state index contributed by atoms with van der Waals surface area (Å²) in [6, 6.07) is 6.17. The zero-order chi connectivity index (χ0) is 21.3. The van der Waals surface area contributed by atoms with Crippen LogP contribution in [-0.4, -0.2) is 63.6 Å². The molecule has 3 heterocycles. The molecule has 2 bridgehead atoms. The second-order valence-electron chi connectivity index (χ2n) is 8.83. The Morgan fingerprint density at radius 3 is 2.70 bits per heavy atom. The number of benzene rings is 1. The number of carbonyl (C=O) groups excluding carboxylic acids is 1. The molecule has 7 nitrogen and oxygen atoms in total. The number of ether oxygens (including phenoxy) is 1. The average molecular weight is 415 g/mol. The monoisotopic (exact) mass is 414 g/mol. The van der Waals surface area contributed by atoms with Gasteiger partial charge in [-0.3, -0.25) is 14.4 Å². The third-order valence-corrected chi connectivity index (χ3v) is 6.69. The van der Waals surface area contributed by atoms with Crippen molar-refractivity contribution in [3.8, 4) is 5.75 Å². The molecule has 1 aromatic carbocycles. The smallest absolute Gasteiger partial charge is 0.272 e. The lowest BCUT2D eigenvalue weighted by Crippen LogP contribution is -2.60. The highest BCUT2D eigenvalue weighted by Gasteiger charge is 2.39. The minimum atomic E-state index is -0.154. The Morgan fingerprint density at radius 2 is 2.03 bits per heavy atom. The van der Waals surface area contributed by atoms with Crippen LogP contribution < -0.4 is 5.32 Å². The number of morpholine rings is 1. The van der Waals surface area contributed by atoms with Gasteiger partial charge < -0.3 is 15.2 Å². The van der Waals surface area contributed by atoms with Crippen molar-refractivity contribution in [2.45, 2.75) is 77.0 Å². The predicted molar refractivity (Wildman–Crippen MR) is 117 cm³/mol. The quantitative estimate of drug-likeness (QED) is 0.725. The average Bonchev–Trinajstić information content (AvgIpc) is 3.10. The Labute approximate surface area is 178 Å². The van der Waals surface area contributed by atoms with Gasteiger partial charge >= 0.3 is 0 Å². The van der Waals surface area contributed by atoms with Crippen molar-refractivity contribution >= 4 is 16.8 Å². The molecule has 164 valence electrons. The molecule has 30 heavy (non-hydrogen) atoms. The van der Waals surface area contributed by atoms with Crippen molar-refractivity contribution in [3.63, 3.8) is 0 Å². The lowest BCUT2D eigenvalue weighted by Gasteiger charge is -2.48. The molecule has 1 amide bonds. The van der Waals surface area contributed by atoms with E-state index in [0.29, 0.717) is 23.2 Å². The predicted octanol–water partition coefficient (Wildman–Crippen LogP) is 3.47. The van der Waals surface area contributed by atoms with Crippen molar-refractivity contribution in [2.75, 3.05) is 19.8 Å². The lowest BCUT2D eigenvalue weighted by molar-refractivity contribution is -0.0802. The van der Waals surface area contributed by atoms with Gasteiger partial charge in [0.05, 0.1) is 18.7 Å². The number of nitrogens with one attached hydrogen (secondary N) is 1. The third kappa shape index (κ3) is 4.05. The molecule has 0 radical (unpaired) electrons. The maximum absolute atomic E-state index is 13.2. The Kier molecular flexibility index (Phi) is 6.29. The van der Waals surface area contributed by atoms with E-state index in [4.69, 9.17) is 4.74 Å². The first-order chi connectivity index (χ1) is 14.5. The van der Waals surface area contributed by atoms with Gasteiger partial charge in [0.1, 0.15) is 5.75 Å². The summed E-state index contributed by atoms with van der Waals surface area (Å²) in [4.78, 5) is 15.8. The van der Waals surface area contributed by atoms with Crippen molar-refractivity contribution in [1.82, 2.24) is 20.0 Å². The number of unbranched alkanes of at least 4 members (excludes halogenated alkanes) is 1. The second-order valence-corrected chi connectivity index (χ2v) is 8.83. The highest BCUT2D eigenvalue weighted by Crippen LogP contribution is 2.30. The first kappa shape index (κ1) is 21.1. The number of hydrogen-bond donors (Lipinski definition) is 2. The van der Waals surface area contributed by atoms with Crippen LogP contribution in [0, 0.1) is 0 Å². The van der Waals surface area contributed by atoms with Crippen LogP contribution >= 0.6 is 0 Å². The summed E-state index contributed by atoms with van der Waals surface area (Å²) in [7, 11) is 0. The van der Waals surface area contributed by atoms with Crippen LogP contribution in [0.15, 0.2) is 18.2 Å². The highest BCUT2D eigenvalue weighted by atomic mass is 16.5. The fourth-order valence-electron chi connectivity index (χ4n) is 4.87. The lowest BCUT2D eigenvalue weighted by atomic mass is 9.89. The molecule has 2 N–H and O–H groups in total. The maximum Gasteiger partial charge on any atom is 0.272 e. The van der Waals surface area contributed by atoms with Crippen LogP contribution in [0.2, 0.25) is 0 Å². The van der Waals surface area contributed by atoms with E-state index in [1.807, 2.05) is 10.7 Å². The van der Waals surface area contributed by atoms with Gasteiger partial charge in [0.2, 0.25) is 0 Å². The Bertz CT molecular complexity index is 882. The number of nitrogens with zero attached hydrogens (tertiary/aromatic N) is 3. The van der Waals surface area contributed by atoms with Crippen molar-refractivity contribution in [3.05, 3.63) is 23.9 Å². The van der Waals surface area contributed by atoms with E-state index in [9.17, 15) is 9.90 Å². The van der Waals surface area contributed by atoms with E-state index >= 15 is 0 Å². The number of phenols is 1.